The molecule has 14 nitrogen and oxygen atoms in total. The van der Waals surface area contributed by atoms with E-state index in [9.17, 15) is 73.1 Å². The normalized spacial score (nSPS) is 12.5. The van der Waals surface area contributed by atoms with Gasteiger partial charge in [0.15, 0.2) is 19.8 Å². The van der Waals surface area contributed by atoms with Crippen molar-refractivity contribution >= 4 is 41.8 Å². The van der Waals surface area contributed by atoms with Crippen molar-refractivity contribution in [1.82, 2.24) is 0 Å². The first-order valence-corrected chi connectivity index (χ1v) is 19.5. The molecule has 0 radical (unpaired) electrons. The van der Waals surface area contributed by atoms with Gasteiger partial charge in [-0.3, -0.25) is 14.4 Å². The summed E-state index contributed by atoms with van der Waals surface area (Å²) in [5.41, 5.74) is -5.29. The van der Waals surface area contributed by atoms with E-state index in [2.05, 4.69) is 40.5 Å². The molecule has 0 heterocycles. The first-order valence-electron chi connectivity index (χ1n) is 19.5. The van der Waals surface area contributed by atoms with Gasteiger partial charge in [-0.1, -0.05) is 47.6 Å². The van der Waals surface area contributed by atoms with Gasteiger partial charge < -0.3 is 33.2 Å². The molecular weight excluding hydrogens is 923 g/mol. The lowest BCUT2D eigenvalue weighted by Crippen LogP contribution is -2.46. The van der Waals surface area contributed by atoms with Crippen LogP contribution in [0, 0.1) is 21.7 Å². The standard InChI is InChI=1S/C29H41F3O10.C8H13F3O2.C6H7F3O2.CH4/c1-11-27(10,25(37)42-17-29(30,31)32)12-26(8,9)24(36)41-16-28(13-38-21(33)18(2)3,14-39-22(34)19(4)5)15-40-23(35)20(6)7;1-4-7(2,3)6(12)13-5-8(9,10)11;1-4(2)5(10)11-3-6(7,8)9;/h2,4,6,11-17H2,1,3,5,7-10H3;4-5H2,1-3H3;1,3H2,2H3;1H4. The van der Waals surface area contributed by atoms with Gasteiger partial charge in [0, 0.05) is 22.3 Å². The van der Waals surface area contributed by atoms with E-state index in [0.717, 1.165) is 0 Å². The van der Waals surface area contributed by atoms with Crippen molar-refractivity contribution in [1.29, 1.82) is 0 Å². The molecule has 67 heavy (non-hydrogen) atoms. The highest BCUT2D eigenvalue weighted by Gasteiger charge is 2.46. The quantitative estimate of drug-likeness (QED) is 0.0432. The van der Waals surface area contributed by atoms with Gasteiger partial charge in [0.1, 0.15) is 31.8 Å². The van der Waals surface area contributed by atoms with Crippen LogP contribution in [0.25, 0.3) is 0 Å². The molecule has 0 amide bonds. The number of carbonyl (C=O) groups is 7. The zero-order chi connectivity index (χ0) is 52.9. The minimum absolute atomic E-state index is 0. The summed E-state index contributed by atoms with van der Waals surface area (Å²) in [5.74, 6) is -6.32. The molecule has 0 aliphatic heterocycles. The number of alkyl halides is 9. The Labute approximate surface area is 385 Å². The number of esters is 7. The lowest BCUT2D eigenvalue weighted by atomic mass is 9.72. The van der Waals surface area contributed by atoms with Gasteiger partial charge in [-0.05, 0) is 81.6 Å². The van der Waals surface area contributed by atoms with Crippen LogP contribution in [0.5, 0.6) is 0 Å². The van der Waals surface area contributed by atoms with E-state index < -0.39 is 128 Å². The van der Waals surface area contributed by atoms with E-state index >= 15 is 0 Å². The van der Waals surface area contributed by atoms with Crippen LogP contribution in [-0.4, -0.2) is 107 Å². The summed E-state index contributed by atoms with van der Waals surface area (Å²) in [6, 6.07) is 0. The Balaban J connectivity index is -0.000000643. The van der Waals surface area contributed by atoms with Gasteiger partial charge in [0.05, 0.1) is 16.2 Å². The molecule has 0 fully saturated rings. The average molecular weight is 989 g/mol. The van der Waals surface area contributed by atoms with E-state index in [1.54, 1.807) is 27.7 Å². The highest BCUT2D eigenvalue weighted by atomic mass is 19.4. The highest BCUT2D eigenvalue weighted by molar-refractivity contribution is 5.88. The van der Waals surface area contributed by atoms with E-state index in [1.807, 2.05) is 0 Å². The van der Waals surface area contributed by atoms with Crippen LogP contribution in [0.1, 0.15) is 103 Å². The summed E-state index contributed by atoms with van der Waals surface area (Å²) in [4.78, 5) is 83.7. The summed E-state index contributed by atoms with van der Waals surface area (Å²) >= 11 is 0. The Hall–Kier alpha value is -5.38. The highest BCUT2D eigenvalue weighted by Crippen LogP contribution is 2.39. The Morgan fingerprint density at radius 1 is 0.388 bits per heavy atom. The predicted octanol–water partition coefficient (Wildman–Crippen LogP) is 9.64. The summed E-state index contributed by atoms with van der Waals surface area (Å²) in [5, 5.41) is 0. The van der Waals surface area contributed by atoms with Crippen molar-refractivity contribution in [3.05, 3.63) is 48.6 Å². The van der Waals surface area contributed by atoms with Gasteiger partial charge in [-0.2, -0.15) is 39.5 Å². The van der Waals surface area contributed by atoms with Crippen LogP contribution >= 0.6 is 0 Å². The zero-order valence-corrected chi connectivity index (χ0v) is 39.0. The van der Waals surface area contributed by atoms with E-state index in [4.69, 9.17) is 18.9 Å². The number of ether oxygens (including phenoxy) is 7. The molecule has 0 saturated heterocycles. The molecule has 0 aliphatic carbocycles. The maximum atomic E-state index is 13.3. The molecule has 388 valence electrons. The average Bonchev–Trinajstić information content (AvgIpc) is 3.18. The number of rotatable bonds is 22. The molecule has 23 heteroatoms. The minimum atomic E-state index is -4.73. The molecular formula is C44H65F9O14. The molecule has 0 N–H and O–H groups in total. The van der Waals surface area contributed by atoms with Gasteiger partial charge in [-0.15, -0.1) is 0 Å². The minimum Gasteiger partial charge on any atom is -0.464 e. The third-order valence-electron chi connectivity index (χ3n) is 8.63. The molecule has 0 aromatic carbocycles. The number of hydrogen-bond acceptors (Lipinski definition) is 14. The molecule has 1 atom stereocenters. The first-order chi connectivity index (χ1) is 29.5. The Morgan fingerprint density at radius 2 is 0.627 bits per heavy atom. The van der Waals surface area contributed by atoms with Gasteiger partial charge in [0.2, 0.25) is 0 Å². The van der Waals surface area contributed by atoms with Crippen molar-refractivity contribution in [3.63, 3.8) is 0 Å². The molecule has 0 saturated carbocycles. The van der Waals surface area contributed by atoms with Crippen LogP contribution in [0.3, 0.4) is 0 Å². The van der Waals surface area contributed by atoms with E-state index in [-0.39, 0.29) is 42.6 Å². The summed E-state index contributed by atoms with van der Waals surface area (Å²) < 4.78 is 140. The summed E-state index contributed by atoms with van der Waals surface area (Å²) in [6.45, 7) is 22.5. The van der Waals surface area contributed by atoms with Crippen LogP contribution in [0.2, 0.25) is 0 Å². The van der Waals surface area contributed by atoms with Crippen molar-refractivity contribution in [2.75, 3.05) is 46.2 Å². The SMILES string of the molecule is C.C=C(C)C(=O)OCC(COC(=O)C(=C)C)(COC(=O)C(=C)C)COC(=O)C(C)(C)CC(C)(CC)C(=O)OCC(F)(F)F.C=C(C)C(=O)OCC(F)(F)F.CCC(C)(C)C(=O)OCC(F)(F)F. The maximum absolute atomic E-state index is 13.3. The Morgan fingerprint density at radius 3 is 0.896 bits per heavy atom. The summed E-state index contributed by atoms with van der Waals surface area (Å²) in [7, 11) is 0. The van der Waals surface area contributed by atoms with Crippen LogP contribution in [-0.2, 0) is 66.7 Å². The number of carbonyl (C=O) groups excluding carboxylic acids is 7. The second-order valence-electron chi connectivity index (χ2n) is 16.7. The maximum Gasteiger partial charge on any atom is 0.422 e. The first kappa shape index (κ1) is 68.2. The fraction of sp³-hybridized carbons (Fsp3) is 0.659. The molecule has 1 unspecified atom stereocenters. The topological polar surface area (TPSA) is 184 Å². The van der Waals surface area contributed by atoms with Crippen LogP contribution in [0.4, 0.5) is 39.5 Å². The monoisotopic (exact) mass is 988 g/mol. The second kappa shape index (κ2) is 28.7. The van der Waals surface area contributed by atoms with Crippen molar-refractivity contribution in [2.45, 2.75) is 121 Å². The van der Waals surface area contributed by atoms with Crippen LogP contribution in [0.15, 0.2) is 48.6 Å². The lowest BCUT2D eigenvalue weighted by Gasteiger charge is -2.36. The molecule has 0 aliphatic rings. The third-order valence-corrected chi connectivity index (χ3v) is 8.63. The van der Waals surface area contributed by atoms with Gasteiger partial charge in [-0.25, -0.2) is 19.2 Å². The fourth-order valence-electron chi connectivity index (χ4n) is 4.16. The van der Waals surface area contributed by atoms with Crippen molar-refractivity contribution in [3.8, 4) is 0 Å². The molecule has 0 aromatic rings. The van der Waals surface area contributed by atoms with E-state index in [0.29, 0.717) is 6.42 Å². The second-order valence-corrected chi connectivity index (χ2v) is 16.7. The number of hydrogen-bond donors (Lipinski definition) is 0. The Bertz CT molecular complexity index is 1670. The zero-order valence-electron chi connectivity index (χ0n) is 39.0. The smallest absolute Gasteiger partial charge is 0.422 e. The van der Waals surface area contributed by atoms with Crippen molar-refractivity contribution < 1.29 is 106 Å². The molecule has 0 rings (SSSR count). The molecule has 0 aromatic heterocycles. The largest absolute Gasteiger partial charge is 0.464 e. The van der Waals surface area contributed by atoms with E-state index in [1.165, 1.54) is 48.5 Å². The molecule has 0 bridgehead atoms. The molecule has 0 spiro atoms. The Kier molecular flexibility index (Phi) is 29.2. The van der Waals surface area contributed by atoms with Crippen molar-refractivity contribution in [2.24, 2.45) is 21.7 Å². The third kappa shape index (κ3) is 30.5. The lowest BCUT2D eigenvalue weighted by molar-refractivity contribution is -0.195. The fourth-order valence-corrected chi connectivity index (χ4v) is 4.16. The number of halogens is 9. The van der Waals surface area contributed by atoms with Gasteiger partial charge >= 0.3 is 60.3 Å². The summed E-state index contributed by atoms with van der Waals surface area (Å²) in [6.07, 6.45) is -13.4. The predicted molar refractivity (Wildman–Crippen MR) is 224 cm³/mol. The van der Waals surface area contributed by atoms with Crippen LogP contribution < -0.4 is 0 Å². The van der Waals surface area contributed by atoms with Gasteiger partial charge in [0.25, 0.3) is 0 Å².